The van der Waals surface area contributed by atoms with Gasteiger partial charge in [0.1, 0.15) is 5.82 Å². The number of aryl methyl sites for hydroxylation is 2. The number of nitrogens with one attached hydrogen (secondary N) is 1. The van der Waals surface area contributed by atoms with Gasteiger partial charge in [-0.15, -0.1) is 0 Å². The Morgan fingerprint density at radius 3 is 2.57 bits per heavy atom. The van der Waals surface area contributed by atoms with Crippen molar-refractivity contribution in [3.05, 3.63) is 65.5 Å². The van der Waals surface area contributed by atoms with Crippen molar-refractivity contribution in [2.24, 2.45) is 5.92 Å². The van der Waals surface area contributed by atoms with E-state index in [1.165, 1.54) is 11.1 Å². The van der Waals surface area contributed by atoms with E-state index in [0.29, 0.717) is 13.1 Å². The largest absolute Gasteiger partial charge is 0.381 e. The summed E-state index contributed by atoms with van der Waals surface area (Å²) in [5, 5.41) is 3.26. The minimum Gasteiger partial charge on any atom is -0.381 e. The molecule has 2 aromatic carbocycles. The number of imidazole rings is 1. The molecule has 1 N–H and O–H groups in total. The van der Waals surface area contributed by atoms with Gasteiger partial charge in [-0.2, -0.15) is 0 Å². The molecule has 2 heterocycles. The third kappa shape index (κ3) is 4.12. The highest BCUT2D eigenvalue weighted by molar-refractivity contribution is 5.79. The Morgan fingerprint density at radius 1 is 1.13 bits per heavy atom. The molecule has 1 atom stereocenters. The molecule has 5 nitrogen and oxygen atoms in total. The highest BCUT2D eigenvalue weighted by atomic mass is 16.5. The van der Waals surface area contributed by atoms with Gasteiger partial charge in [-0.05, 0) is 44.4 Å². The van der Waals surface area contributed by atoms with Crippen molar-refractivity contribution >= 4 is 16.9 Å². The lowest BCUT2D eigenvalue weighted by Gasteiger charge is -2.38. The molecule has 0 bridgehead atoms. The number of para-hydroxylation sites is 2. The number of nitrogens with zero attached hydrogens (tertiary/aromatic N) is 2. The van der Waals surface area contributed by atoms with E-state index in [2.05, 4.69) is 52.1 Å². The van der Waals surface area contributed by atoms with E-state index in [1.807, 2.05) is 32.0 Å². The highest BCUT2D eigenvalue weighted by Gasteiger charge is 2.35. The summed E-state index contributed by atoms with van der Waals surface area (Å²) in [7, 11) is 0. The number of carbonyl (C=O) groups is 1. The fourth-order valence-electron chi connectivity index (χ4n) is 4.45. The second kappa shape index (κ2) is 8.60. The Morgan fingerprint density at radius 2 is 1.83 bits per heavy atom. The van der Waals surface area contributed by atoms with Crippen molar-refractivity contribution < 1.29 is 9.53 Å². The number of carbonyl (C=O) groups excluding carboxylic acids is 1. The summed E-state index contributed by atoms with van der Waals surface area (Å²) < 4.78 is 7.77. The van der Waals surface area contributed by atoms with Crippen LogP contribution in [0.4, 0.5) is 0 Å². The van der Waals surface area contributed by atoms with Gasteiger partial charge < -0.3 is 14.6 Å². The Balaban J connectivity index is 1.46. The molecular weight excluding hydrogens is 374 g/mol. The second-order valence-corrected chi connectivity index (χ2v) is 8.64. The molecule has 0 unspecified atom stereocenters. The molecular formula is C25H31N3O2. The van der Waals surface area contributed by atoms with Crippen LogP contribution < -0.4 is 5.32 Å². The van der Waals surface area contributed by atoms with Crippen molar-refractivity contribution in [3.63, 3.8) is 0 Å². The van der Waals surface area contributed by atoms with Crippen LogP contribution in [0.25, 0.3) is 11.0 Å². The standard InChI is InChI=1S/C25H31N3O2/c1-18-8-10-21(11-9-18)25(12-14-30-15-13-25)17-26-24(29)19(2)16-28-20(3)27-22-6-4-5-7-23(22)28/h4-11,19H,12-17H2,1-3H3,(H,26,29)/t19-/m0/s1. The summed E-state index contributed by atoms with van der Waals surface area (Å²) in [6, 6.07) is 16.8. The maximum Gasteiger partial charge on any atom is 0.224 e. The number of fused-ring (bicyclic) bond motifs is 1. The van der Waals surface area contributed by atoms with E-state index in [-0.39, 0.29) is 17.2 Å². The van der Waals surface area contributed by atoms with Crippen LogP contribution >= 0.6 is 0 Å². The first-order valence-corrected chi connectivity index (χ1v) is 10.8. The van der Waals surface area contributed by atoms with Crippen LogP contribution in [0.2, 0.25) is 0 Å². The van der Waals surface area contributed by atoms with Crippen LogP contribution in [0.3, 0.4) is 0 Å². The average molecular weight is 406 g/mol. The Labute approximate surface area is 178 Å². The van der Waals surface area contributed by atoms with Gasteiger partial charge in [0, 0.05) is 31.7 Å². The minimum absolute atomic E-state index is 0.0566. The summed E-state index contributed by atoms with van der Waals surface area (Å²) in [5.74, 6) is 0.887. The van der Waals surface area contributed by atoms with Gasteiger partial charge in [0.2, 0.25) is 5.91 Å². The average Bonchev–Trinajstić information content (AvgIpc) is 3.08. The molecule has 0 spiro atoms. The van der Waals surface area contributed by atoms with Crippen LogP contribution in [0, 0.1) is 19.8 Å². The lowest BCUT2D eigenvalue weighted by molar-refractivity contribution is -0.125. The molecule has 30 heavy (non-hydrogen) atoms. The number of benzene rings is 2. The quantitative estimate of drug-likeness (QED) is 0.670. The summed E-state index contributed by atoms with van der Waals surface area (Å²) in [4.78, 5) is 17.6. The van der Waals surface area contributed by atoms with E-state index in [9.17, 15) is 4.79 Å². The molecule has 1 saturated heterocycles. The first kappa shape index (κ1) is 20.6. The smallest absolute Gasteiger partial charge is 0.224 e. The number of ether oxygens (including phenoxy) is 1. The van der Waals surface area contributed by atoms with Gasteiger partial charge in [-0.25, -0.2) is 4.98 Å². The number of aromatic nitrogens is 2. The zero-order valence-corrected chi connectivity index (χ0v) is 18.1. The third-order valence-electron chi connectivity index (χ3n) is 6.46. The van der Waals surface area contributed by atoms with Gasteiger partial charge in [-0.1, -0.05) is 48.9 Å². The maximum absolute atomic E-state index is 13.0. The molecule has 0 radical (unpaired) electrons. The molecule has 0 aliphatic carbocycles. The second-order valence-electron chi connectivity index (χ2n) is 8.64. The Kier molecular flexibility index (Phi) is 5.91. The molecule has 1 aliphatic heterocycles. The first-order valence-electron chi connectivity index (χ1n) is 10.8. The SMILES string of the molecule is Cc1ccc(C2(CNC(=O)[C@@H](C)Cn3c(C)nc4ccccc43)CCOCC2)cc1. The molecule has 0 saturated carbocycles. The van der Waals surface area contributed by atoms with Crippen molar-refractivity contribution in [1.29, 1.82) is 0 Å². The van der Waals surface area contributed by atoms with Crippen molar-refractivity contribution in [2.45, 2.75) is 45.6 Å². The van der Waals surface area contributed by atoms with E-state index in [1.54, 1.807) is 0 Å². The Hall–Kier alpha value is -2.66. The van der Waals surface area contributed by atoms with Gasteiger partial charge in [0.15, 0.2) is 0 Å². The summed E-state index contributed by atoms with van der Waals surface area (Å²) in [5.41, 5.74) is 4.54. The van der Waals surface area contributed by atoms with Crippen LogP contribution in [0.1, 0.15) is 36.7 Å². The monoisotopic (exact) mass is 405 g/mol. The van der Waals surface area contributed by atoms with Gasteiger partial charge in [0.05, 0.1) is 17.0 Å². The van der Waals surface area contributed by atoms with Crippen LogP contribution in [-0.2, 0) is 21.5 Å². The topological polar surface area (TPSA) is 56.2 Å². The van der Waals surface area contributed by atoms with Crippen molar-refractivity contribution in [1.82, 2.24) is 14.9 Å². The van der Waals surface area contributed by atoms with Crippen molar-refractivity contribution in [3.8, 4) is 0 Å². The predicted molar refractivity (Wildman–Crippen MR) is 120 cm³/mol. The number of hydrogen-bond donors (Lipinski definition) is 1. The van der Waals surface area contributed by atoms with Crippen LogP contribution in [0.15, 0.2) is 48.5 Å². The van der Waals surface area contributed by atoms with Crippen LogP contribution in [0.5, 0.6) is 0 Å². The van der Waals surface area contributed by atoms with E-state index >= 15 is 0 Å². The number of rotatable bonds is 6. The lowest BCUT2D eigenvalue weighted by atomic mass is 9.74. The van der Waals surface area contributed by atoms with E-state index < -0.39 is 0 Å². The third-order valence-corrected chi connectivity index (χ3v) is 6.46. The van der Waals surface area contributed by atoms with E-state index in [0.717, 1.165) is 42.9 Å². The van der Waals surface area contributed by atoms with Crippen molar-refractivity contribution in [2.75, 3.05) is 19.8 Å². The number of hydrogen-bond acceptors (Lipinski definition) is 3. The number of amides is 1. The lowest BCUT2D eigenvalue weighted by Crippen LogP contribution is -2.46. The molecule has 1 aliphatic rings. The zero-order chi connectivity index (χ0) is 21.1. The normalized spacial score (nSPS) is 17.0. The summed E-state index contributed by atoms with van der Waals surface area (Å²) in [6.07, 6.45) is 1.85. The highest BCUT2D eigenvalue weighted by Crippen LogP contribution is 2.34. The first-order chi connectivity index (χ1) is 14.5. The van der Waals surface area contributed by atoms with Gasteiger partial charge in [0.25, 0.3) is 0 Å². The predicted octanol–water partition coefficient (Wildman–Crippen LogP) is 4.15. The fraction of sp³-hybridized carbons (Fsp3) is 0.440. The zero-order valence-electron chi connectivity index (χ0n) is 18.1. The maximum atomic E-state index is 13.0. The Bertz CT molecular complexity index is 1020. The summed E-state index contributed by atoms with van der Waals surface area (Å²) in [6.45, 7) is 8.83. The van der Waals surface area contributed by atoms with Gasteiger partial charge >= 0.3 is 0 Å². The molecule has 3 aromatic rings. The summed E-state index contributed by atoms with van der Waals surface area (Å²) >= 11 is 0. The fourth-order valence-corrected chi connectivity index (χ4v) is 4.45. The molecule has 4 rings (SSSR count). The minimum atomic E-state index is -0.142. The van der Waals surface area contributed by atoms with Crippen LogP contribution in [-0.4, -0.2) is 35.2 Å². The molecule has 158 valence electrons. The molecule has 5 heteroatoms. The van der Waals surface area contributed by atoms with E-state index in [4.69, 9.17) is 4.74 Å². The molecule has 1 amide bonds. The molecule has 1 aromatic heterocycles. The van der Waals surface area contributed by atoms with Gasteiger partial charge in [-0.3, -0.25) is 4.79 Å². The molecule has 1 fully saturated rings.